The van der Waals surface area contributed by atoms with Gasteiger partial charge in [0.05, 0.1) is 48.0 Å². The average Bonchev–Trinajstić information content (AvgIpc) is 3.20. The van der Waals surface area contributed by atoms with Gasteiger partial charge in [-0.2, -0.15) is 10.2 Å². The van der Waals surface area contributed by atoms with Crippen molar-refractivity contribution in [3.63, 3.8) is 0 Å². The highest BCUT2D eigenvalue weighted by Crippen LogP contribution is 2.28. The number of rotatable bonds is 8. The number of benzene rings is 3. The summed E-state index contributed by atoms with van der Waals surface area (Å²) in [5.41, 5.74) is 5.38. The number of hydrogen-bond acceptors (Lipinski definition) is 5. The summed E-state index contributed by atoms with van der Waals surface area (Å²) >= 11 is 0. The molecule has 0 fully saturated rings. The van der Waals surface area contributed by atoms with Crippen molar-refractivity contribution in [2.45, 2.75) is 26.8 Å². The number of nitriles is 1. The van der Waals surface area contributed by atoms with Crippen molar-refractivity contribution in [1.82, 2.24) is 9.55 Å². The third kappa shape index (κ3) is 4.58. The molecule has 0 atom stereocenters. The van der Waals surface area contributed by atoms with Gasteiger partial charge in [0.15, 0.2) is 0 Å². The Morgan fingerprint density at radius 2 is 1.82 bits per heavy atom. The Labute approximate surface area is 193 Å². The zero-order valence-corrected chi connectivity index (χ0v) is 18.7. The SMILES string of the molecule is CCCOc1nc2cccc(C(=O)OCC)c2n1Cc1ccc(-c2ccccc2C#N)cc1. The maximum atomic E-state index is 12.6. The van der Waals surface area contributed by atoms with E-state index in [-0.39, 0.29) is 5.97 Å². The van der Waals surface area contributed by atoms with Gasteiger partial charge in [-0.1, -0.05) is 55.5 Å². The summed E-state index contributed by atoms with van der Waals surface area (Å²) in [5.74, 6) is -0.380. The molecule has 0 aliphatic rings. The van der Waals surface area contributed by atoms with Gasteiger partial charge < -0.3 is 9.47 Å². The molecule has 1 aromatic heterocycles. The summed E-state index contributed by atoms with van der Waals surface area (Å²) in [4.78, 5) is 17.3. The minimum absolute atomic E-state index is 0.300. The van der Waals surface area contributed by atoms with Gasteiger partial charge in [-0.3, -0.25) is 4.57 Å². The molecule has 0 saturated heterocycles. The van der Waals surface area contributed by atoms with Crippen LogP contribution in [-0.4, -0.2) is 28.7 Å². The fourth-order valence-electron chi connectivity index (χ4n) is 3.79. The number of esters is 1. The van der Waals surface area contributed by atoms with Crippen LogP contribution in [-0.2, 0) is 11.3 Å². The van der Waals surface area contributed by atoms with E-state index in [9.17, 15) is 10.1 Å². The van der Waals surface area contributed by atoms with Gasteiger partial charge in [-0.25, -0.2) is 4.79 Å². The maximum absolute atomic E-state index is 12.6. The summed E-state index contributed by atoms with van der Waals surface area (Å²) in [6, 6.07) is 23.7. The largest absolute Gasteiger partial charge is 0.465 e. The van der Waals surface area contributed by atoms with E-state index >= 15 is 0 Å². The van der Waals surface area contributed by atoms with E-state index in [1.807, 2.05) is 66.1 Å². The lowest BCUT2D eigenvalue weighted by atomic mass is 9.99. The van der Waals surface area contributed by atoms with Crippen LogP contribution in [0.1, 0.15) is 41.8 Å². The highest BCUT2D eigenvalue weighted by Gasteiger charge is 2.20. The molecule has 166 valence electrons. The summed E-state index contributed by atoms with van der Waals surface area (Å²) in [5, 5.41) is 9.40. The standard InChI is InChI=1S/C27H25N3O3/c1-3-16-33-27-29-24-11-7-10-23(26(31)32-4-2)25(24)30(27)18-19-12-14-20(15-13-19)22-9-6-5-8-21(22)17-28/h5-15H,3-4,16,18H2,1-2H3. The lowest BCUT2D eigenvalue weighted by Crippen LogP contribution is -2.10. The molecule has 0 amide bonds. The van der Waals surface area contributed by atoms with Gasteiger partial charge in [-0.05, 0) is 48.2 Å². The molecule has 4 aromatic rings. The van der Waals surface area contributed by atoms with Gasteiger partial charge in [0.25, 0.3) is 6.01 Å². The quantitative estimate of drug-likeness (QED) is 0.335. The Morgan fingerprint density at radius 3 is 2.55 bits per heavy atom. The second-order valence-electron chi connectivity index (χ2n) is 7.58. The molecule has 6 heteroatoms. The number of fused-ring (bicyclic) bond motifs is 1. The van der Waals surface area contributed by atoms with Crippen LogP contribution >= 0.6 is 0 Å². The van der Waals surface area contributed by atoms with Gasteiger partial charge in [-0.15, -0.1) is 0 Å². The van der Waals surface area contributed by atoms with Gasteiger partial charge in [0, 0.05) is 0 Å². The Bertz CT molecular complexity index is 1320. The Morgan fingerprint density at radius 1 is 1.03 bits per heavy atom. The fraction of sp³-hybridized carbons (Fsp3) is 0.222. The second-order valence-corrected chi connectivity index (χ2v) is 7.58. The molecule has 0 N–H and O–H groups in total. The third-order valence-electron chi connectivity index (χ3n) is 5.32. The summed E-state index contributed by atoms with van der Waals surface area (Å²) < 4.78 is 13.1. The van der Waals surface area contributed by atoms with E-state index in [1.54, 1.807) is 19.1 Å². The number of imidazole rings is 1. The number of carbonyl (C=O) groups excluding carboxylic acids is 1. The van der Waals surface area contributed by atoms with Crippen LogP contribution in [0.2, 0.25) is 0 Å². The molecule has 33 heavy (non-hydrogen) atoms. The Balaban J connectivity index is 1.74. The molecule has 0 bridgehead atoms. The molecule has 3 aromatic carbocycles. The summed E-state index contributed by atoms with van der Waals surface area (Å²) in [6.45, 7) is 5.13. The molecular weight excluding hydrogens is 414 g/mol. The van der Waals surface area contributed by atoms with Crippen LogP contribution < -0.4 is 4.74 Å². The number of para-hydroxylation sites is 1. The fourth-order valence-corrected chi connectivity index (χ4v) is 3.79. The van der Waals surface area contributed by atoms with Crippen LogP contribution in [0.5, 0.6) is 6.01 Å². The second kappa shape index (κ2) is 10.0. The van der Waals surface area contributed by atoms with E-state index in [0.717, 1.165) is 23.1 Å². The number of aromatic nitrogens is 2. The average molecular weight is 440 g/mol. The van der Waals surface area contributed by atoms with E-state index in [4.69, 9.17) is 9.47 Å². The van der Waals surface area contributed by atoms with Crippen molar-refractivity contribution < 1.29 is 14.3 Å². The van der Waals surface area contributed by atoms with E-state index in [2.05, 4.69) is 11.1 Å². The predicted octanol–water partition coefficient (Wildman–Crippen LogP) is 5.59. The highest BCUT2D eigenvalue weighted by atomic mass is 16.5. The number of nitrogens with zero attached hydrogens (tertiary/aromatic N) is 3. The van der Waals surface area contributed by atoms with Crippen LogP contribution in [0.3, 0.4) is 0 Å². The first-order valence-electron chi connectivity index (χ1n) is 11.0. The monoisotopic (exact) mass is 439 g/mol. The summed E-state index contributed by atoms with van der Waals surface area (Å²) in [6.07, 6.45) is 0.848. The first kappa shape index (κ1) is 22.1. The van der Waals surface area contributed by atoms with Crippen molar-refractivity contribution in [1.29, 1.82) is 5.26 Å². The van der Waals surface area contributed by atoms with Crippen LogP contribution in [0.4, 0.5) is 0 Å². The van der Waals surface area contributed by atoms with E-state index < -0.39 is 0 Å². The van der Waals surface area contributed by atoms with Crippen LogP contribution in [0, 0.1) is 11.3 Å². The van der Waals surface area contributed by atoms with Gasteiger partial charge in [0.1, 0.15) is 0 Å². The Hall–Kier alpha value is -4.11. The van der Waals surface area contributed by atoms with Crippen LogP contribution in [0.15, 0.2) is 66.7 Å². The molecular formula is C27H25N3O3. The zero-order chi connectivity index (χ0) is 23.2. The maximum Gasteiger partial charge on any atom is 0.340 e. The number of carbonyl (C=O) groups is 1. The smallest absolute Gasteiger partial charge is 0.340 e. The number of ether oxygens (including phenoxy) is 2. The minimum atomic E-state index is -0.380. The zero-order valence-electron chi connectivity index (χ0n) is 18.7. The third-order valence-corrected chi connectivity index (χ3v) is 5.32. The Kier molecular flexibility index (Phi) is 6.70. The lowest BCUT2D eigenvalue weighted by Gasteiger charge is -2.12. The molecule has 0 radical (unpaired) electrons. The molecule has 0 saturated carbocycles. The minimum Gasteiger partial charge on any atom is -0.465 e. The molecule has 1 heterocycles. The predicted molar refractivity (Wildman–Crippen MR) is 127 cm³/mol. The first-order chi connectivity index (χ1) is 16.2. The van der Waals surface area contributed by atoms with Gasteiger partial charge >= 0.3 is 5.97 Å². The van der Waals surface area contributed by atoms with E-state index in [0.29, 0.717) is 47.9 Å². The molecule has 0 aliphatic heterocycles. The number of hydrogen-bond donors (Lipinski definition) is 0. The lowest BCUT2D eigenvalue weighted by molar-refractivity contribution is 0.0528. The molecule has 0 aliphatic carbocycles. The molecule has 0 unspecified atom stereocenters. The molecule has 6 nitrogen and oxygen atoms in total. The summed E-state index contributed by atoms with van der Waals surface area (Å²) in [7, 11) is 0. The molecule has 0 spiro atoms. The van der Waals surface area contributed by atoms with Crippen molar-refractivity contribution in [3.05, 3.63) is 83.4 Å². The van der Waals surface area contributed by atoms with Crippen molar-refractivity contribution in [2.24, 2.45) is 0 Å². The topological polar surface area (TPSA) is 77.1 Å². The first-order valence-corrected chi connectivity index (χ1v) is 11.0. The van der Waals surface area contributed by atoms with Crippen molar-refractivity contribution in [2.75, 3.05) is 13.2 Å². The van der Waals surface area contributed by atoms with Gasteiger partial charge in [0.2, 0.25) is 0 Å². The van der Waals surface area contributed by atoms with Crippen molar-refractivity contribution >= 4 is 17.0 Å². The molecule has 4 rings (SSSR count). The van der Waals surface area contributed by atoms with E-state index in [1.165, 1.54) is 0 Å². The normalized spacial score (nSPS) is 10.7. The highest BCUT2D eigenvalue weighted by molar-refractivity contribution is 6.02. The van der Waals surface area contributed by atoms with Crippen LogP contribution in [0.25, 0.3) is 22.2 Å². The van der Waals surface area contributed by atoms with Crippen molar-refractivity contribution in [3.8, 4) is 23.2 Å².